The number of para-hydroxylation sites is 1. The molecule has 3 aromatic rings. The van der Waals surface area contributed by atoms with Gasteiger partial charge >= 0.3 is 10.8 Å². The number of aromatic amines is 1. The zero-order chi connectivity index (χ0) is 27.1. The van der Waals surface area contributed by atoms with E-state index in [1.54, 1.807) is 30.3 Å². The van der Waals surface area contributed by atoms with E-state index >= 15 is 0 Å². The third kappa shape index (κ3) is 4.88. The molecule has 1 fully saturated rings. The lowest BCUT2D eigenvalue weighted by atomic mass is 9.82. The molecule has 5 rings (SSSR count). The van der Waals surface area contributed by atoms with Crippen LogP contribution in [0.3, 0.4) is 0 Å². The third-order valence-corrected chi connectivity index (χ3v) is 9.19. The van der Waals surface area contributed by atoms with Crippen LogP contribution in [0.25, 0.3) is 0 Å². The fourth-order valence-electron chi connectivity index (χ4n) is 4.64. The predicted octanol–water partition coefficient (Wildman–Crippen LogP) is 3.20. The Hall–Kier alpha value is -3.42. The third-order valence-electron chi connectivity index (χ3n) is 6.29. The number of aryl methyl sites for hydroxylation is 1. The topological polar surface area (TPSA) is 146 Å². The number of H-pyrrole nitrogens is 1. The summed E-state index contributed by atoms with van der Waals surface area (Å²) in [4.78, 5) is 66.5. The first kappa shape index (κ1) is 26.2. The number of imide groups is 1. The van der Waals surface area contributed by atoms with Gasteiger partial charge in [-0.15, -0.1) is 0 Å². The Morgan fingerprint density at radius 1 is 1.16 bits per heavy atom. The van der Waals surface area contributed by atoms with Crippen LogP contribution >= 0.6 is 39.0 Å². The van der Waals surface area contributed by atoms with Crippen molar-refractivity contribution in [2.24, 2.45) is 5.92 Å². The quantitative estimate of drug-likeness (QED) is 0.343. The SMILES string of the molecule is Cc1ccccc1NC(=O)COc1ccc(Br)cc1[C@H]1c2sc(=O)[nH]c2SC2C(=O)N(CC(=O)O)C(=O)C21. The Labute approximate surface area is 232 Å². The summed E-state index contributed by atoms with van der Waals surface area (Å²) in [5, 5.41) is 11.6. The number of aliphatic carboxylic acids is 1. The van der Waals surface area contributed by atoms with Crippen molar-refractivity contribution in [2.45, 2.75) is 23.1 Å². The van der Waals surface area contributed by atoms with E-state index in [1.165, 1.54) is 0 Å². The van der Waals surface area contributed by atoms with E-state index in [0.717, 1.165) is 33.6 Å². The van der Waals surface area contributed by atoms with E-state index in [9.17, 15) is 29.1 Å². The molecule has 0 radical (unpaired) electrons. The maximum Gasteiger partial charge on any atom is 0.323 e. The van der Waals surface area contributed by atoms with Crippen LogP contribution in [0.4, 0.5) is 5.69 Å². The number of anilines is 1. The lowest BCUT2D eigenvalue weighted by molar-refractivity contribution is -0.149. The molecule has 1 aromatic heterocycles. The van der Waals surface area contributed by atoms with Crippen LogP contribution in [-0.4, -0.2) is 57.1 Å². The van der Waals surface area contributed by atoms with Crippen molar-refractivity contribution in [3.8, 4) is 5.75 Å². The van der Waals surface area contributed by atoms with E-state index in [2.05, 4.69) is 26.2 Å². The second-order valence-corrected chi connectivity index (χ2v) is 11.8. The molecular formula is C25H20BrN3O7S2. The van der Waals surface area contributed by atoms with Gasteiger partial charge < -0.3 is 20.1 Å². The molecule has 13 heteroatoms. The molecule has 3 atom stereocenters. The summed E-state index contributed by atoms with van der Waals surface area (Å²) in [6.45, 7) is 0.796. The van der Waals surface area contributed by atoms with Gasteiger partial charge in [0, 0.05) is 26.5 Å². The second-order valence-electron chi connectivity index (χ2n) is 8.74. The number of ether oxygens (including phenoxy) is 1. The van der Waals surface area contributed by atoms with Crippen molar-refractivity contribution in [1.29, 1.82) is 0 Å². The summed E-state index contributed by atoms with van der Waals surface area (Å²) >= 11 is 5.41. The van der Waals surface area contributed by atoms with Gasteiger partial charge in [-0.2, -0.15) is 0 Å². The van der Waals surface area contributed by atoms with Crippen LogP contribution in [0.15, 0.2) is 56.8 Å². The first-order chi connectivity index (χ1) is 18.1. The number of rotatable bonds is 7. The summed E-state index contributed by atoms with van der Waals surface area (Å²) in [6.07, 6.45) is 0. The van der Waals surface area contributed by atoms with Crippen molar-refractivity contribution in [2.75, 3.05) is 18.5 Å². The minimum Gasteiger partial charge on any atom is -0.483 e. The zero-order valence-corrected chi connectivity index (χ0v) is 22.9. The Bertz CT molecular complexity index is 1540. The molecule has 0 spiro atoms. The van der Waals surface area contributed by atoms with Gasteiger partial charge in [0.15, 0.2) is 6.61 Å². The molecule has 0 saturated carbocycles. The number of nitrogens with zero attached hydrogens (tertiary/aromatic N) is 1. The largest absolute Gasteiger partial charge is 0.483 e. The minimum absolute atomic E-state index is 0.299. The fraction of sp³-hybridized carbons (Fsp3) is 0.240. The van der Waals surface area contributed by atoms with Crippen molar-refractivity contribution in [3.05, 3.63) is 72.6 Å². The van der Waals surface area contributed by atoms with E-state index in [-0.39, 0.29) is 11.5 Å². The molecule has 196 valence electrons. The van der Waals surface area contributed by atoms with Gasteiger partial charge in [0.25, 0.3) is 5.91 Å². The normalized spacial score (nSPS) is 20.2. The summed E-state index contributed by atoms with van der Waals surface area (Å²) in [5.41, 5.74) is 2.04. The Morgan fingerprint density at radius 2 is 1.92 bits per heavy atom. The number of halogens is 1. The van der Waals surface area contributed by atoms with Crippen LogP contribution in [0, 0.1) is 12.8 Å². The van der Waals surface area contributed by atoms with Gasteiger partial charge in [0.05, 0.1) is 10.9 Å². The molecule has 3 N–H and O–H groups in total. The molecule has 10 nitrogen and oxygen atoms in total. The molecule has 38 heavy (non-hydrogen) atoms. The second kappa shape index (κ2) is 10.4. The van der Waals surface area contributed by atoms with Crippen LogP contribution < -0.4 is 14.9 Å². The van der Waals surface area contributed by atoms with Gasteiger partial charge in [-0.05, 0) is 36.8 Å². The average Bonchev–Trinajstić information content (AvgIpc) is 3.35. The van der Waals surface area contributed by atoms with Gasteiger partial charge in [-0.25, -0.2) is 0 Å². The molecule has 1 saturated heterocycles. The van der Waals surface area contributed by atoms with E-state index in [4.69, 9.17) is 4.74 Å². The highest BCUT2D eigenvalue weighted by atomic mass is 79.9. The van der Waals surface area contributed by atoms with Gasteiger partial charge in [-0.3, -0.25) is 28.9 Å². The van der Waals surface area contributed by atoms with Gasteiger partial charge in [0.2, 0.25) is 11.8 Å². The number of carbonyl (C=O) groups is 4. The number of hydrogen-bond donors (Lipinski definition) is 3. The Morgan fingerprint density at radius 3 is 2.66 bits per heavy atom. The van der Waals surface area contributed by atoms with Crippen molar-refractivity contribution >= 4 is 68.4 Å². The number of hydrogen-bond acceptors (Lipinski definition) is 8. The Balaban J connectivity index is 1.50. The Kier molecular flexibility index (Phi) is 7.16. The summed E-state index contributed by atoms with van der Waals surface area (Å²) < 4.78 is 6.57. The lowest BCUT2D eigenvalue weighted by Crippen LogP contribution is -2.36. The number of benzene rings is 2. The predicted molar refractivity (Wildman–Crippen MR) is 144 cm³/mol. The van der Waals surface area contributed by atoms with E-state index in [1.807, 2.05) is 19.1 Å². The van der Waals surface area contributed by atoms with Crippen molar-refractivity contribution in [3.63, 3.8) is 0 Å². The van der Waals surface area contributed by atoms with E-state index < -0.39 is 47.3 Å². The van der Waals surface area contributed by atoms with E-state index in [0.29, 0.717) is 31.4 Å². The number of thiazole rings is 1. The van der Waals surface area contributed by atoms with Crippen molar-refractivity contribution < 1.29 is 29.0 Å². The molecule has 2 aliphatic heterocycles. The van der Waals surface area contributed by atoms with Crippen LogP contribution in [0.5, 0.6) is 5.75 Å². The summed E-state index contributed by atoms with van der Waals surface area (Å²) in [5.74, 6) is -4.38. The number of carboxylic acid groups (broad SMARTS) is 1. The maximum atomic E-state index is 13.4. The van der Waals surface area contributed by atoms with Gasteiger partial charge in [-0.1, -0.05) is 57.2 Å². The molecule has 2 aromatic carbocycles. The number of carboxylic acids is 1. The zero-order valence-electron chi connectivity index (χ0n) is 19.7. The number of thioether (sulfide) groups is 1. The smallest absolute Gasteiger partial charge is 0.323 e. The first-order valence-corrected chi connectivity index (χ1v) is 13.9. The number of amides is 3. The summed E-state index contributed by atoms with van der Waals surface area (Å²) in [7, 11) is 0. The molecular weight excluding hydrogens is 598 g/mol. The van der Waals surface area contributed by atoms with Crippen LogP contribution in [-0.2, 0) is 19.2 Å². The standard InChI is InChI=1S/C25H20BrN3O7S2/c1-11-4-2-3-5-14(11)27-16(30)10-36-15-7-6-12(26)8-13(15)18-19-21(37-22-20(18)38-25(35)28-22)24(34)29(23(19)33)9-17(31)32/h2-8,18-19,21H,9-10H2,1H3,(H,27,30)(H,28,35)(H,31,32)/t18-,19?,21?/m1/s1. The monoisotopic (exact) mass is 617 g/mol. The van der Waals surface area contributed by atoms with Crippen LogP contribution in [0.2, 0.25) is 0 Å². The maximum absolute atomic E-state index is 13.4. The molecule has 0 bridgehead atoms. The molecule has 0 aliphatic carbocycles. The minimum atomic E-state index is -1.30. The molecule has 2 aliphatic rings. The fourth-order valence-corrected chi connectivity index (χ4v) is 7.54. The highest BCUT2D eigenvalue weighted by Gasteiger charge is 2.56. The number of aromatic nitrogens is 1. The van der Waals surface area contributed by atoms with Crippen molar-refractivity contribution in [1.82, 2.24) is 9.88 Å². The van der Waals surface area contributed by atoms with Crippen LogP contribution in [0.1, 0.15) is 21.9 Å². The molecule has 3 heterocycles. The number of carbonyl (C=O) groups excluding carboxylic acids is 3. The highest BCUT2D eigenvalue weighted by Crippen LogP contribution is 2.54. The first-order valence-electron chi connectivity index (χ1n) is 11.4. The molecule has 2 unspecified atom stereocenters. The molecule has 3 amide bonds. The number of fused-ring (bicyclic) bond motifs is 2. The average molecular weight is 618 g/mol. The number of nitrogens with one attached hydrogen (secondary N) is 2. The van der Waals surface area contributed by atoms with Gasteiger partial charge in [0.1, 0.15) is 17.5 Å². The highest BCUT2D eigenvalue weighted by molar-refractivity contribution is 9.10. The lowest BCUT2D eigenvalue weighted by Gasteiger charge is -2.31. The summed E-state index contributed by atoms with van der Waals surface area (Å²) in [6, 6.07) is 12.4. The number of likely N-dealkylation sites (tertiary alicyclic amines) is 1.